The molecule has 0 unspecified atom stereocenters. The second-order valence-electron chi connectivity index (χ2n) is 7.59. The summed E-state index contributed by atoms with van der Waals surface area (Å²) in [6, 6.07) is 21.7. The fourth-order valence-electron chi connectivity index (χ4n) is 4.39. The number of nitrogens with one attached hydrogen (secondary N) is 1. The Balaban J connectivity index is 1.62. The van der Waals surface area contributed by atoms with Crippen LogP contribution in [0.15, 0.2) is 78.4 Å². The minimum atomic E-state index is -0.668. The van der Waals surface area contributed by atoms with Crippen LogP contribution in [0, 0.1) is 5.82 Å². The molecule has 7 nitrogen and oxygen atoms in total. The van der Waals surface area contributed by atoms with E-state index in [1.165, 1.54) is 6.07 Å². The Morgan fingerprint density at radius 3 is 2.59 bits per heavy atom. The minimum Gasteiger partial charge on any atom is -0.497 e. The molecule has 0 saturated carbocycles. The van der Waals surface area contributed by atoms with Gasteiger partial charge in [0.25, 0.3) is 0 Å². The van der Waals surface area contributed by atoms with E-state index in [0.717, 1.165) is 28.1 Å². The van der Waals surface area contributed by atoms with Crippen molar-refractivity contribution < 1.29 is 13.9 Å². The molecule has 0 radical (unpaired) electrons. The molecule has 2 aliphatic heterocycles. The van der Waals surface area contributed by atoms with Gasteiger partial charge < -0.3 is 14.8 Å². The zero-order chi connectivity index (χ0) is 21.7. The second kappa shape index (κ2) is 7.19. The van der Waals surface area contributed by atoms with E-state index >= 15 is 0 Å². The van der Waals surface area contributed by atoms with Gasteiger partial charge in [-0.25, -0.2) is 4.39 Å². The summed E-state index contributed by atoms with van der Waals surface area (Å²) in [6.07, 6.45) is -0.668. The number of aromatic nitrogens is 4. The number of hydrogen-bond donors (Lipinski definition) is 1. The first-order valence-electron chi connectivity index (χ1n) is 10.2. The van der Waals surface area contributed by atoms with Crippen LogP contribution in [0.2, 0.25) is 0 Å². The van der Waals surface area contributed by atoms with E-state index in [9.17, 15) is 4.39 Å². The van der Waals surface area contributed by atoms with E-state index < -0.39 is 12.1 Å². The normalized spacial score (nSPS) is 18.7. The highest BCUT2D eigenvalue weighted by molar-refractivity contribution is 5.85. The lowest BCUT2D eigenvalue weighted by molar-refractivity contribution is 0.217. The first-order valence-corrected chi connectivity index (χ1v) is 10.2. The third-order valence-corrected chi connectivity index (χ3v) is 5.86. The van der Waals surface area contributed by atoms with E-state index in [-0.39, 0.29) is 5.82 Å². The van der Waals surface area contributed by atoms with Gasteiger partial charge in [-0.3, -0.25) is 0 Å². The number of ether oxygens (including phenoxy) is 2. The fourth-order valence-corrected chi connectivity index (χ4v) is 4.39. The molecule has 0 bridgehead atoms. The van der Waals surface area contributed by atoms with Crippen LogP contribution in [-0.4, -0.2) is 27.3 Å². The molecule has 6 rings (SSSR count). The van der Waals surface area contributed by atoms with Crippen molar-refractivity contribution in [1.82, 2.24) is 20.2 Å². The lowest BCUT2D eigenvalue weighted by Gasteiger charge is -2.38. The lowest BCUT2D eigenvalue weighted by atomic mass is 9.84. The van der Waals surface area contributed by atoms with Crippen LogP contribution in [0.5, 0.6) is 11.5 Å². The molecule has 1 N–H and O–H groups in total. The molecule has 3 aromatic carbocycles. The van der Waals surface area contributed by atoms with E-state index in [1.807, 2.05) is 54.6 Å². The van der Waals surface area contributed by atoms with Gasteiger partial charge in [-0.15, -0.1) is 0 Å². The predicted molar refractivity (Wildman–Crippen MR) is 116 cm³/mol. The summed E-state index contributed by atoms with van der Waals surface area (Å²) < 4.78 is 28.4. The summed E-state index contributed by atoms with van der Waals surface area (Å²) in [7, 11) is 1.62. The summed E-state index contributed by atoms with van der Waals surface area (Å²) >= 11 is 0. The van der Waals surface area contributed by atoms with Gasteiger partial charge in [0.1, 0.15) is 23.4 Å². The number of benzene rings is 3. The van der Waals surface area contributed by atoms with Gasteiger partial charge in [0.05, 0.1) is 12.8 Å². The van der Waals surface area contributed by atoms with Gasteiger partial charge in [-0.1, -0.05) is 47.6 Å². The van der Waals surface area contributed by atoms with Crippen molar-refractivity contribution in [2.45, 2.75) is 12.1 Å². The molecule has 0 fully saturated rings. The SMILES string of the molecule is COc1ccc([C@H]2C3=C(Nc4nnnn42)c2ccccc2O[C@@H]3c2ccccc2F)cc1. The van der Waals surface area contributed by atoms with Gasteiger partial charge >= 0.3 is 0 Å². The predicted octanol–water partition coefficient (Wildman–Crippen LogP) is 4.38. The van der Waals surface area contributed by atoms with Crippen molar-refractivity contribution in [3.63, 3.8) is 0 Å². The number of tetrazole rings is 1. The first-order chi connectivity index (χ1) is 15.7. The summed E-state index contributed by atoms with van der Waals surface area (Å²) in [5.74, 6) is 1.58. The number of methoxy groups -OCH3 is 1. The van der Waals surface area contributed by atoms with Crippen LogP contribution in [0.1, 0.15) is 28.8 Å². The molecule has 1 aromatic heterocycles. The molecular weight excluding hydrogens is 409 g/mol. The molecule has 0 spiro atoms. The van der Waals surface area contributed by atoms with Gasteiger partial charge in [0, 0.05) is 16.7 Å². The number of para-hydroxylation sites is 1. The van der Waals surface area contributed by atoms with Crippen LogP contribution < -0.4 is 14.8 Å². The summed E-state index contributed by atoms with van der Waals surface area (Å²) in [6.45, 7) is 0. The zero-order valence-electron chi connectivity index (χ0n) is 17.1. The van der Waals surface area contributed by atoms with E-state index in [2.05, 4.69) is 20.8 Å². The molecule has 2 aliphatic rings. The highest BCUT2D eigenvalue weighted by Crippen LogP contribution is 2.50. The summed E-state index contributed by atoms with van der Waals surface area (Å²) in [5, 5.41) is 15.6. The molecule has 0 aliphatic carbocycles. The molecule has 0 amide bonds. The van der Waals surface area contributed by atoms with Gasteiger partial charge in [-0.05, 0) is 46.3 Å². The molecule has 8 heteroatoms. The molecule has 158 valence electrons. The van der Waals surface area contributed by atoms with Crippen molar-refractivity contribution in [1.29, 1.82) is 0 Å². The highest BCUT2D eigenvalue weighted by atomic mass is 19.1. The van der Waals surface area contributed by atoms with Crippen LogP contribution in [-0.2, 0) is 0 Å². The zero-order valence-corrected chi connectivity index (χ0v) is 17.1. The van der Waals surface area contributed by atoms with Crippen LogP contribution in [0.3, 0.4) is 0 Å². The standard InChI is InChI=1S/C24H18FN5O2/c1-31-15-12-10-14(11-13-15)22-20-21(26-24-27-28-29-30(22)24)17-7-3-5-9-19(17)32-23(20)16-6-2-4-8-18(16)25/h2-13,22-23H,1H3,(H,26,27,29)/t22-,23+/m0/s1. The molecular formula is C24H18FN5O2. The maximum Gasteiger partial charge on any atom is 0.248 e. The molecule has 3 heterocycles. The number of rotatable bonds is 3. The Bertz CT molecular complexity index is 1350. The second-order valence-corrected chi connectivity index (χ2v) is 7.59. The number of halogens is 1. The minimum absolute atomic E-state index is 0.334. The van der Waals surface area contributed by atoms with Crippen LogP contribution in [0.4, 0.5) is 10.3 Å². The van der Waals surface area contributed by atoms with Crippen LogP contribution >= 0.6 is 0 Å². The third kappa shape index (κ3) is 2.76. The fraction of sp³-hybridized carbons (Fsp3) is 0.125. The topological polar surface area (TPSA) is 74.1 Å². The quantitative estimate of drug-likeness (QED) is 0.523. The lowest BCUT2D eigenvalue weighted by Crippen LogP contribution is -2.32. The van der Waals surface area contributed by atoms with E-state index in [0.29, 0.717) is 17.3 Å². The third-order valence-electron chi connectivity index (χ3n) is 5.86. The Morgan fingerprint density at radius 2 is 1.78 bits per heavy atom. The van der Waals surface area contributed by atoms with Gasteiger partial charge in [0.15, 0.2) is 6.10 Å². The Kier molecular flexibility index (Phi) is 4.17. The molecule has 2 atom stereocenters. The van der Waals surface area contributed by atoms with E-state index in [1.54, 1.807) is 23.9 Å². The molecule has 32 heavy (non-hydrogen) atoms. The van der Waals surface area contributed by atoms with E-state index in [4.69, 9.17) is 9.47 Å². The van der Waals surface area contributed by atoms with Gasteiger partial charge in [0.2, 0.25) is 5.95 Å². The number of anilines is 1. The van der Waals surface area contributed by atoms with Crippen molar-refractivity contribution in [3.05, 3.63) is 101 Å². The number of hydrogen-bond acceptors (Lipinski definition) is 6. The number of fused-ring (bicyclic) bond motifs is 3. The largest absolute Gasteiger partial charge is 0.497 e. The van der Waals surface area contributed by atoms with Crippen molar-refractivity contribution >= 4 is 11.6 Å². The Labute approximate surface area is 183 Å². The average molecular weight is 427 g/mol. The smallest absolute Gasteiger partial charge is 0.248 e. The Morgan fingerprint density at radius 1 is 1.00 bits per heavy atom. The molecule has 0 saturated heterocycles. The number of nitrogens with zero attached hydrogens (tertiary/aromatic N) is 4. The summed E-state index contributed by atoms with van der Waals surface area (Å²) in [4.78, 5) is 0. The van der Waals surface area contributed by atoms with Gasteiger partial charge in [-0.2, -0.15) is 4.68 Å². The first kappa shape index (κ1) is 18.6. The maximum absolute atomic E-state index is 15.0. The van der Waals surface area contributed by atoms with Crippen molar-refractivity contribution in [3.8, 4) is 11.5 Å². The molecule has 4 aromatic rings. The highest BCUT2D eigenvalue weighted by Gasteiger charge is 2.42. The Hall–Kier alpha value is -4.20. The van der Waals surface area contributed by atoms with Crippen LogP contribution in [0.25, 0.3) is 5.70 Å². The summed E-state index contributed by atoms with van der Waals surface area (Å²) in [5.41, 5.74) is 3.91. The van der Waals surface area contributed by atoms with Crippen molar-refractivity contribution in [2.24, 2.45) is 0 Å². The van der Waals surface area contributed by atoms with Crippen molar-refractivity contribution in [2.75, 3.05) is 12.4 Å². The monoisotopic (exact) mass is 427 g/mol. The average Bonchev–Trinajstić information content (AvgIpc) is 3.31. The maximum atomic E-state index is 15.0.